The van der Waals surface area contributed by atoms with Crippen LogP contribution in [-0.2, 0) is 25.6 Å². The van der Waals surface area contributed by atoms with Gasteiger partial charge in [0.1, 0.15) is 0 Å². The van der Waals surface area contributed by atoms with Crippen LogP contribution in [0, 0.1) is 0 Å². The first kappa shape index (κ1) is 12.3. The topological polar surface area (TPSA) is 92.4 Å². The molecule has 0 radical (unpaired) electrons. The summed E-state index contributed by atoms with van der Waals surface area (Å²) in [6.07, 6.45) is 1.84. The highest BCUT2D eigenvalue weighted by molar-refractivity contribution is 6.01. The highest BCUT2D eigenvalue weighted by atomic mass is 16.7. The van der Waals surface area contributed by atoms with Crippen molar-refractivity contribution in [1.82, 2.24) is 15.3 Å². The fraction of sp³-hybridized carbons (Fsp3) is 0.231. The quantitative estimate of drug-likeness (QED) is 0.831. The first-order valence-electron chi connectivity index (χ1n) is 6.12. The lowest BCUT2D eigenvalue weighted by atomic mass is 10.1. The Kier molecular flexibility index (Phi) is 2.94. The van der Waals surface area contributed by atoms with Gasteiger partial charge in [-0.2, -0.15) is 5.10 Å². The monoisotopic (exact) mass is 273 g/mol. The average Bonchev–Trinajstić information content (AvgIpc) is 3.00. The number of rotatable bonds is 3. The summed E-state index contributed by atoms with van der Waals surface area (Å²) >= 11 is 0. The SMILES string of the molecule is O=C(Cc1ccc2cn[nH]c2c1)ON1C(=O)CCC1=O. The van der Waals surface area contributed by atoms with Gasteiger partial charge in [0.25, 0.3) is 11.8 Å². The number of nitrogens with zero attached hydrogens (tertiary/aromatic N) is 2. The molecule has 0 saturated carbocycles. The van der Waals surface area contributed by atoms with Gasteiger partial charge in [0.2, 0.25) is 0 Å². The molecule has 1 aromatic carbocycles. The summed E-state index contributed by atoms with van der Waals surface area (Å²) in [5, 5.41) is 8.18. The van der Waals surface area contributed by atoms with Gasteiger partial charge in [0, 0.05) is 18.2 Å². The van der Waals surface area contributed by atoms with Gasteiger partial charge < -0.3 is 4.84 Å². The molecule has 0 unspecified atom stereocenters. The van der Waals surface area contributed by atoms with Crippen molar-refractivity contribution in [3.05, 3.63) is 30.0 Å². The van der Waals surface area contributed by atoms with Crippen molar-refractivity contribution >= 4 is 28.7 Å². The van der Waals surface area contributed by atoms with Crippen molar-refractivity contribution in [1.29, 1.82) is 0 Å². The van der Waals surface area contributed by atoms with Gasteiger partial charge in [-0.1, -0.05) is 12.1 Å². The number of imide groups is 1. The fourth-order valence-electron chi connectivity index (χ4n) is 2.05. The minimum absolute atomic E-state index is 0.0218. The van der Waals surface area contributed by atoms with Gasteiger partial charge >= 0.3 is 5.97 Å². The molecule has 0 spiro atoms. The van der Waals surface area contributed by atoms with E-state index in [1.165, 1.54) is 0 Å². The molecule has 1 aromatic heterocycles. The molecule has 0 atom stereocenters. The number of hydroxylamine groups is 2. The zero-order valence-electron chi connectivity index (χ0n) is 10.5. The van der Waals surface area contributed by atoms with Gasteiger partial charge in [-0.25, -0.2) is 4.79 Å². The smallest absolute Gasteiger partial charge is 0.330 e. The Morgan fingerprint density at radius 1 is 1.30 bits per heavy atom. The number of carbonyl (C=O) groups is 3. The zero-order valence-corrected chi connectivity index (χ0v) is 10.5. The normalized spacial score (nSPS) is 15.1. The largest absolute Gasteiger partial charge is 0.337 e. The summed E-state index contributed by atoms with van der Waals surface area (Å²) in [6, 6.07) is 5.37. The molecule has 1 saturated heterocycles. The number of hydrogen-bond donors (Lipinski definition) is 1. The van der Waals surface area contributed by atoms with Crippen LogP contribution in [0.5, 0.6) is 0 Å². The molecular formula is C13H11N3O4. The van der Waals surface area contributed by atoms with Crippen LogP contribution in [0.2, 0.25) is 0 Å². The summed E-state index contributed by atoms with van der Waals surface area (Å²) in [5.74, 6) is -1.60. The third-order valence-electron chi connectivity index (χ3n) is 3.05. The van der Waals surface area contributed by atoms with Crippen LogP contribution in [0.15, 0.2) is 24.4 Å². The maximum Gasteiger partial charge on any atom is 0.337 e. The van der Waals surface area contributed by atoms with Crippen LogP contribution in [0.4, 0.5) is 0 Å². The van der Waals surface area contributed by atoms with Crippen LogP contribution < -0.4 is 0 Å². The molecule has 1 aliphatic heterocycles. The Labute approximate surface area is 113 Å². The number of aromatic amines is 1. The maximum absolute atomic E-state index is 11.7. The molecule has 7 heteroatoms. The molecule has 1 aliphatic rings. The lowest BCUT2D eigenvalue weighted by Gasteiger charge is -2.12. The number of H-pyrrole nitrogens is 1. The third kappa shape index (κ3) is 2.25. The number of hydrogen-bond acceptors (Lipinski definition) is 5. The summed E-state index contributed by atoms with van der Waals surface area (Å²) in [6.45, 7) is 0. The highest BCUT2D eigenvalue weighted by Crippen LogP contribution is 2.15. The highest BCUT2D eigenvalue weighted by Gasteiger charge is 2.32. The van der Waals surface area contributed by atoms with Gasteiger partial charge in [-0.15, -0.1) is 5.06 Å². The Hall–Kier alpha value is -2.70. The van der Waals surface area contributed by atoms with E-state index in [0.717, 1.165) is 10.9 Å². The molecule has 3 rings (SSSR count). The Morgan fingerprint density at radius 3 is 2.80 bits per heavy atom. The van der Waals surface area contributed by atoms with Crippen LogP contribution in [0.3, 0.4) is 0 Å². The molecule has 2 aromatic rings. The predicted molar refractivity (Wildman–Crippen MR) is 67.0 cm³/mol. The van der Waals surface area contributed by atoms with Gasteiger partial charge in [0.15, 0.2) is 0 Å². The van der Waals surface area contributed by atoms with Crippen molar-refractivity contribution in [3.63, 3.8) is 0 Å². The molecule has 2 heterocycles. The summed E-state index contributed by atoms with van der Waals surface area (Å²) < 4.78 is 0. The first-order chi connectivity index (χ1) is 9.63. The second kappa shape index (κ2) is 4.76. The summed E-state index contributed by atoms with van der Waals surface area (Å²) in [4.78, 5) is 39.2. The second-order valence-corrected chi connectivity index (χ2v) is 4.51. The van der Waals surface area contributed by atoms with Crippen molar-refractivity contribution < 1.29 is 19.2 Å². The van der Waals surface area contributed by atoms with E-state index in [4.69, 9.17) is 4.84 Å². The third-order valence-corrected chi connectivity index (χ3v) is 3.05. The predicted octanol–water partition coefficient (Wildman–Crippen LogP) is 0.713. The van der Waals surface area contributed by atoms with E-state index in [1.807, 2.05) is 6.07 Å². The molecule has 2 amide bonds. The van der Waals surface area contributed by atoms with Crippen LogP contribution >= 0.6 is 0 Å². The van der Waals surface area contributed by atoms with E-state index >= 15 is 0 Å². The molecule has 7 nitrogen and oxygen atoms in total. The van der Waals surface area contributed by atoms with E-state index < -0.39 is 17.8 Å². The van der Waals surface area contributed by atoms with Crippen molar-refractivity contribution in [2.75, 3.05) is 0 Å². The van der Waals surface area contributed by atoms with Crippen molar-refractivity contribution in [2.24, 2.45) is 0 Å². The molecule has 1 N–H and O–H groups in total. The van der Waals surface area contributed by atoms with E-state index in [2.05, 4.69) is 10.2 Å². The lowest BCUT2D eigenvalue weighted by Crippen LogP contribution is -2.32. The number of amides is 2. The second-order valence-electron chi connectivity index (χ2n) is 4.51. The number of aromatic nitrogens is 2. The van der Waals surface area contributed by atoms with Crippen molar-refractivity contribution in [3.8, 4) is 0 Å². The summed E-state index contributed by atoms with van der Waals surface area (Å²) in [7, 11) is 0. The minimum atomic E-state index is -0.646. The number of carbonyl (C=O) groups excluding carboxylic acids is 3. The van der Waals surface area contributed by atoms with E-state index in [9.17, 15) is 14.4 Å². The van der Waals surface area contributed by atoms with Gasteiger partial charge in [0.05, 0.1) is 18.1 Å². The minimum Gasteiger partial charge on any atom is -0.330 e. The van der Waals surface area contributed by atoms with Gasteiger partial charge in [-0.05, 0) is 11.6 Å². The number of benzene rings is 1. The van der Waals surface area contributed by atoms with E-state index in [0.29, 0.717) is 10.6 Å². The van der Waals surface area contributed by atoms with E-state index in [1.54, 1.807) is 18.3 Å². The fourth-order valence-corrected chi connectivity index (χ4v) is 2.05. The zero-order chi connectivity index (χ0) is 14.1. The van der Waals surface area contributed by atoms with E-state index in [-0.39, 0.29) is 19.3 Å². The van der Waals surface area contributed by atoms with Crippen LogP contribution in [-0.4, -0.2) is 33.0 Å². The Balaban J connectivity index is 1.69. The number of fused-ring (bicyclic) bond motifs is 1. The molecule has 102 valence electrons. The Bertz CT molecular complexity index is 690. The van der Waals surface area contributed by atoms with Crippen LogP contribution in [0.1, 0.15) is 18.4 Å². The first-order valence-corrected chi connectivity index (χ1v) is 6.12. The molecule has 1 fully saturated rings. The molecule has 0 bridgehead atoms. The number of nitrogens with one attached hydrogen (secondary N) is 1. The lowest BCUT2D eigenvalue weighted by molar-refractivity contribution is -0.197. The summed E-state index contributed by atoms with van der Waals surface area (Å²) in [5.41, 5.74) is 1.52. The molecule has 20 heavy (non-hydrogen) atoms. The Morgan fingerprint density at radius 2 is 2.05 bits per heavy atom. The molecular weight excluding hydrogens is 262 g/mol. The average molecular weight is 273 g/mol. The maximum atomic E-state index is 11.7. The van der Waals surface area contributed by atoms with Gasteiger partial charge in [-0.3, -0.25) is 14.7 Å². The molecule has 0 aliphatic carbocycles. The van der Waals surface area contributed by atoms with Crippen molar-refractivity contribution in [2.45, 2.75) is 19.3 Å². The van der Waals surface area contributed by atoms with Crippen LogP contribution in [0.25, 0.3) is 10.9 Å². The standard InChI is InChI=1S/C13H11N3O4/c17-11-3-4-12(18)16(11)20-13(19)6-8-1-2-9-7-14-15-10(9)5-8/h1-2,5,7H,3-4,6H2,(H,14,15).